The van der Waals surface area contributed by atoms with E-state index in [1.165, 1.54) is 11.6 Å². The van der Waals surface area contributed by atoms with Gasteiger partial charge in [0.25, 0.3) is 5.56 Å². The molecular formula is C19H27N3O4. The molecule has 0 bridgehead atoms. The van der Waals surface area contributed by atoms with Crippen LogP contribution in [0.5, 0.6) is 5.75 Å². The van der Waals surface area contributed by atoms with Gasteiger partial charge in [-0.05, 0) is 30.5 Å². The smallest absolute Gasteiger partial charge is 0.412 e. The van der Waals surface area contributed by atoms with Crippen molar-refractivity contribution >= 4 is 28.4 Å². The third kappa shape index (κ3) is 3.92. The number of anilines is 2. The van der Waals surface area contributed by atoms with Gasteiger partial charge in [0.05, 0.1) is 12.0 Å². The summed E-state index contributed by atoms with van der Waals surface area (Å²) in [6, 6.07) is 5.00. The highest BCUT2D eigenvalue weighted by atomic mass is 16.5. The molecule has 0 aliphatic heterocycles. The summed E-state index contributed by atoms with van der Waals surface area (Å²) in [5, 5.41) is 10.5. The highest BCUT2D eigenvalue weighted by Crippen LogP contribution is 2.35. The fraction of sp³-hybridized carbons (Fsp3) is 0.474. The lowest BCUT2D eigenvalue weighted by Crippen LogP contribution is -2.34. The van der Waals surface area contributed by atoms with Gasteiger partial charge >= 0.3 is 6.09 Å². The molecule has 7 heteroatoms. The largest absolute Gasteiger partial charge is 0.489 e. The van der Waals surface area contributed by atoms with Gasteiger partial charge in [-0.1, -0.05) is 27.2 Å². The maximum Gasteiger partial charge on any atom is 0.412 e. The van der Waals surface area contributed by atoms with Crippen molar-refractivity contribution in [3.8, 4) is 5.75 Å². The molecule has 3 N–H and O–H groups in total. The van der Waals surface area contributed by atoms with Crippen molar-refractivity contribution in [3.05, 3.63) is 28.6 Å². The van der Waals surface area contributed by atoms with Crippen LogP contribution in [0, 0.1) is 5.92 Å². The van der Waals surface area contributed by atoms with Crippen molar-refractivity contribution in [3.63, 3.8) is 0 Å². The zero-order valence-electron chi connectivity index (χ0n) is 15.8. The van der Waals surface area contributed by atoms with Gasteiger partial charge in [0.2, 0.25) is 0 Å². The topological polar surface area (TPSA) is 97.8 Å². The van der Waals surface area contributed by atoms with Crippen LogP contribution >= 0.6 is 0 Å². The van der Waals surface area contributed by atoms with Crippen molar-refractivity contribution in [1.82, 2.24) is 4.57 Å². The molecule has 0 saturated heterocycles. The summed E-state index contributed by atoms with van der Waals surface area (Å²) >= 11 is 0. The molecule has 2 aromatic rings. The van der Waals surface area contributed by atoms with E-state index in [9.17, 15) is 14.7 Å². The Kier molecular flexibility index (Phi) is 6.13. The number of rotatable bonds is 7. The number of ether oxygens (including phenoxy) is 1. The van der Waals surface area contributed by atoms with E-state index in [4.69, 9.17) is 10.5 Å². The van der Waals surface area contributed by atoms with E-state index in [2.05, 4.69) is 0 Å². The number of nitrogens with zero attached hydrogens (tertiary/aromatic N) is 2. The predicted molar refractivity (Wildman–Crippen MR) is 104 cm³/mol. The molecule has 0 aliphatic carbocycles. The summed E-state index contributed by atoms with van der Waals surface area (Å²) in [7, 11) is 1.42. The summed E-state index contributed by atoms with van der Waals surface area (Å²) in [5.74, 6) is 0.777. The van der Waals surface area contributed by atoms with E-state index >= 15 is 0 Å². The van der Waals surface area contributed by atoms with Gasteiger partial charge in [-0.25, -0.2) is 4.79 Å². The van der Waals surface area contributed by atoms with Crippen LogP contribution in [-0.4, -0.2) is 29.4 Å². The van der Waals surface area contributed by atoms with Crippen LogP contribution in [0.1, 0.15) is 33.6 Å². The number of pyridine rings is 1. The first kappa shape index (κ1) is 19.6. The first-order valence-electron chi connectivity index (χ1n) is 8.83. The third-order valence-electron chi connectivity index (χ3n) is 4.12. The van der Waals surface area contributed by atoms with Gasteiger partial charge in [0.15, 0.2) is 11.6 Å². The Labute approximate surface area is 153 Å². The fourth-order valence-electron chi connectivity index (χ4n) is 2.84. The molecule has 26 heavy (non-hydrogen) atoms. The van der Waals surface area contributed by atoms with Crippen molar-refractivity contribution in [1.29, 1.82) is 0 Å². The van der Waals surface area contributed by atoms with Gasteiger partial charge < -0.3 is 15.6 Å². The predicted octanol–water partition coefficient (Wildman–Crippen LogP) is 3.53. The molecule has 0 atom stereocenters. The number of carboxylic acid groups (broad SMARTS) is 1. The monoisotopic (exact) mass is 361 g/mol. The summed E-state index contributed by atoms with van der Waals surface area (Å²) in [5.41, 5.74) is 6.15. The Hall–Kier alpha value is -2.70. The second-order valence-electron chi connectivity index (χ2n) is 6.81. The van der Waals surface area contributed by atoms with Crippen molar-refractivity contribution in [2.24, 2.45) is 5.92 Å². The Balaban J connectivity index is 2.86. The maximum absolute atomic E-state index is 13.1. The fourth-order valence-corrected chi connectivity index (χ4v) is 2.84. The second kappa shape index (κ2) is 8.12. The molecular weight excluding hydrogens is 334 g/mol. The minimum atomic E-state index is -1.16. The number of nitrogens with two attached hydrogens (primary N) is 1. The molecule has 7 nitrogen and oxygen atoms in total. The van der Waals surface area contributed by atoms with Crippen molar-refractivity contribution < 1.29 is 14.6 Å². The lowest BCUT2D eigenvalue weighted by atomic mass is 10.1. The standard InChI is InChI=1S/C19H27N3O4/c1-5-6-9-26-16-15-10-13(20)7-8-14(15)18(23)22(11-12(2)3)17(16)21(4)19(24)25/h7-8,10,12H,5-6,9,11,20H2,1-4H3,(H,24,25). The highest BCUT2D eigenvalue weighted by molar-refractivity contribution is 5.97. The van der Waals surface area contributed by atoms with Crippen LogP contribution in [-0.2, 0) is 6.54 Å². The average molecular weight is 361 g/mol. The molecule has 0 fully saturated rings. The quantitative estimate of drug-likeness (QED) is 0.581. The Bertz CT molecular complexity index is 858. The number of benzene rings is 1. The van der Waals surface area contributed by atoms with Crippen LogP contribution in [0.4, 0.5) is 16.3 Å². The number of unbranched alkanes of at least 4 members (excludes halogenated alkanes) is 1. The molecule has 1 aromatic heterocycles. The lowest BCUT2D eigenvalue weighted by molar-refractivity contribution is 0.202. The van der Waals surface area contributed by atoms with Crippen molar-refractivity contribution in [2.45, 2.75) is 40.2 Å². The number of carbonyl (C=O) groups is 1. The van der Waals surface area contributed by atoms with Gasteiger partial charge in [-0.2, -0.15) is 0 Å². The zero-order valence-corrected chi connectivity index (χ0v) is 15.8. The van der Waals surface area contributed by atoms with E-state index in [0.29, 0.717) is 35.4 Å². The number of amides is 1. The van der Waals surface area contributed by atoms with Crippen LogP contribution in [0.2, 0.25) is 0 Å². The summed E-state index contributed by atoms with van der Waals surface area (Å²) in [4.78, 5) is 25.8. The highest BCUT2D eigenvalue weighted by Gasteiger charge is 2.24. The second-order valence-corrected chi connectivity index (χ2v) is 6.81. The number of nitrogen functional groups attached to an aromatic ring is 1. The Morgan fingerprint density at radius 1 is 1.35 bits per heavy atom. The minimum absolute atomic E-state index is 0.156. The first-order chi connectivity index (χ1) is 12.3. The number of fused-ring (bicyclic) bond motifs is 1. The van der Waals surface area contributed by atoms with Crippen molar-refractivity contribution in [2.75, 3.05) is 24.3 Å². The SMILES string of the molecule is CCCCOc1c(N(C)C(=O)O)n(CC(C)C)c(=O)c2ccc(N)cc12. The van der Waals surface area contributed by atoms with Gasteiger partial charge in [0.1, 0.15) is 0 Å². The summed E-state index contributed by atoms with van der Waals surface area (Å²) in [6.07, 6.45) is 0.601. The molecule has 1 amide bonds. The minimum Gasteiger partial charge on any atom is -0.489 e. The lowest BCUT2D eigenvalue weighted by Gasteiger charge is -2.25. The molecule has 0 aliphatic rings. The Morgan fingerprint density at radius 2 is 2.04 bits per heavy atom. The van der Waals surface area contributed by atoms with Crippen LogP contribution in [0.15, 0.2) is 23.0 Å². The third-order valence-corrected chi connectivity index (χ3v) is 4.12. The van der Waals surface area contributed by atoms with Crippen LogP contribution < -0.4 is 20.9 Å². The van der Waals surface area contributed by atoms with E-state index in [0.717, 1.165) is 17.7 Å². The molecule has 1 heterocycles. The Morgan fingerprint density at radius 3 is 2.62 bits per heavy atom. The van der Waals surface area contributed by atoms with E-state index in [-0.39, 0.29) is 17.3 Å². The van der Waals surface area contributed by atoms with Crippen LogP contribution in [0.25, 0.3) is 10.8 Å². The number of hydrogen-bond acceptors (Lipinski definition) is 4. The van der Waals surface area contributed by atoms with Gasteiger partial charge in [-0.3, -0.25) is 14.3 Å². The molecule has 0 unspecified atom stereocenters. The zero-order chi connectivity index (χ0) is 19.4. The molecule has 0 radical (unpaired) electrons. The molecule has 0 saturated carbocycles. The number of hydrogen-bond donors (Lipinski definition) is 2. The molecule has 142 valence electrons. The van der Waals surface area contributed by atoms with E-state index < -0.39 is 6.09 Å². The van der Waals surface area contributed by atoms with Crippen LogP contribution in [0.3, 0.4) is 0 Å². The maximum atomic E-state index is 13.1. The molecule has 0 spiro atoms. The average Bonchev–Trinajstić information content (AvgIpc) is 2.57. The summed E-state index contributed by atoms with van der Waals surface area (Å²) < 4.78 is 7.46. The number of aromatic nitrogens is 1. The van der Waals surface area contributed by atoms with E-state index in [1.807, 2.05) is 20.8 Å². The van der Waals surface area contributed by atoms with Gasteiger partial charge in [0, 0.05) is 24.7 Å². The molecule has 1 aromatic carbocycles. The van der Waals surface area contributed by atoms with E-state index in [1.54, 1.807) is 18.2 Å². The molecule has 2 rings (SSSR count). The normalized spacial score (nSPS) is 11.1. The summed E-state index contributed by atoms with van der Waals surface area (Å²) in [6.45, 7) is 6.81. The van der Waals surface area contributed by atoms with Gasteiger partial charge in [-0.15, -0.1) is 0 Å². The first-order valence-corrected chi connectivity index (χ1v) is 8.83.